The van der Waals surface area contributed by atoms with Crippen LogP contribution in [0.25, 0.3) is 0 Å². The third-order valence-corrected chi connectivity index (χ3v) is 6.01. The molecule has 2 aliphatic heterocycles. The van der Waals surface area contributed by atoms with Crippen LogP contribution < -0.4 is 20.3 Å². The minimum atomic E-state index is -0.303. The van der Waals surface area contributed by atoms with E-state index in [1.165, 1.54) is 19.4 Å². The van der Waals surface area contributed by atoms with Crippen LogP contribution in [-0.4, -0.2) is 79.2 Å². The van der Waals surface area contributed by atoms with Crippen LogP contribution in [0, 0.1) is 0 Å². The van der Waals surface area contributed by atoms with Crippen molar-refractivity contribution in [3.05, 3.63) is 47.6 Å². The summed E-state index contributed by atoms with van der Waals surface area (Å²) in [6.45, 7) is 7.15. The fourth-order valence-corrected chi connectivity index (χ4v) is 4.18. The molecule has 34 heavy (non-hydrogen) atoms. The van der Waals surface area contributed by atoms with E-state index < -0.39 is 0 Å². The second-order valence-electron chi connectivity index (χ2n) is 7.96. The molecule has 2 amide bonds. The molecule has 0 spiro atoms. The van der Waals surface area contributed by atoms with Gasteiger partial charge in [-0.3, -0.25) is 9.59 Å². The predicted molar refractivity (Wildman–Crippen MR) is 130 cm³/mol. The van der Waals surface area contributed by atoms with Gasteiger partial charge < -0.3 is 29.9 Å². The van der Waals surface area contributed by atoms with Crippen molar-refractivity contribution in [2.24, 2.45) is 0 Å². The van der Waals surface area contributed by atoms with Gasteiger partial charge in [0.15, 0.2) is 0 Å². The molecule has 2 aromatic rings. The van der Waals surface area contributed by atoms with Crippen molar-refractivity contribution in [3.63, 3.8) is 0 Å². The Morgan fingerprint density at radius 1 is 1.29 bits per heavy atom. The number of carbonyl (C=O) groups excluding carboxylic acids is 2. The van der Waals surface area contributed by atoms with E-state index in [4.69, 9.17) is 21.1 Å². The average molecular weight is 487 g/mol. The third-order valence-electron chi connectivity index (χ3n) is 5.75. The number of hydrogen-bond acceptors (Lipinski definition) is 8. The van der Waals surface area contributed by atoms with Crippen LogP contribution in [0.4, 0.5) is 17.3 Å². The zero-order chi connectivity index (χ0) is 24.1. The number of carbonyl (C=O) groups is 2. The predicted octanol–water partition coefficient (Wildman–Crippen LogP) is 2.43. The molecule has 0 unspecified atom stereocenters. The second-order valence-corrected chi connectivity index (χ2v) is 8.36. The van der Waals surface area contributed by atoms with E-state index >= 15 is 0 Å². The Morgan fingerprint density at radius 2 is 2.09 bits per heavy atom. The maximum absolute atomic E-state index is 13.3. The van der Waals surface area contributed by atoms with Gasteiger partial charge in [-0.1, -0.05) is 18.2 Å². The van der Waals surface area contributed by atoms with E-state index in [9.17, 15) is 9.59 Å². The molecule has 2 saturated heterocycles. The molecule has 0 bridgehead atoms. The number of benzene rings is 1. The summed E-state index contributed by atoms with van der Waals surface area (Å²) in [6, 6.07) is 5.33. The fraction of sp³-hybridized carbons (Fsp3) is 0.391. The zero-order valence-electron chi connectivity index (χ0n) is 18.9. The van der Waals surface area contributed by atoms with Gasteiger partial charge in [0.05, 0.1) is 37.9 Å². The van der Waals surface area contributed by atoms with Crippen LogP contribution in [0.2, 0.25) is 5.02 Å². The first-order valence-corrected chi connectivity index (χ1v) is 11.4. The number of aromatic nitrogens is 2. The molecule has 2 fully saturated rings. The maximum atomic E-state index is 13.3. The molecule has 180 valence electrons. The smallest absolute Gasteiger partial charge is 0.254 e. The van der Waals surface area contributed by atoms with Gasteiger partial charge in [-0.25, -0.2) is 4.98 Å². The number of amides is 2. The maximum Gasteiger partial charge on any atom is 0.254 e. The lowest BCUT2D eigenvalue weighted by atomic mass is 10.1. The van der Waals surface area contributed by atoms with Gasteiger partial charge in [-0.15, -0.1) is 0 Å². The second kappa shape index (κ2) is 10.7. The molecule has 1 aromatic heterocycles. The average Bonchev–Trinajstić information content (AvgIpc) is 3.33. The van der Waals surface area contributed by atoms with E-state index in [-0.39, 0.29) is 17.9 Å². The first-order valence-electron chi connectivity index (χ1n) is 11.0. The van der Waals surface area contributed by atoms with Gasteiger partial charge in [-0.2, -0.15) is 4.98 Å². The van der Waals surface area contributed by atoms with Gasteiger partial charge >= 0.3 is 0 Å². The van der Waals surface area contributed by atoms with Crippen LogP contribution in [-0.2, 0) is 9.53 Å². The lowest BCUT2D eigenvalue weighted by molar-refractivity contribution is -0.111. The van der Waals surface area contributed by atoms with Crippen LogP contribution in [0.1, 0.15) is 16.8 Å². The molecule has 0 saturated carbocycles. The van der Waals surface area contributed by atoms with E-state index in [0.717, 1.165) is 12.1 Å². The highest BCUT2D eigenvalue weighted by Gasteiger charge is 2.28. The van der Waals surface area contributed by atoms with Crippen LogP contribution in [0.15, 0.2) is 37.1 Å². The molecule has 4 rings (SSSR count). The van der Waals surface area contributed by atoms with Crippen molar-refractivity contribution in [3.8, 4) is 5.88 Å². The molecule has 2 N–H and O–H groups in total. The Balaban J connectivity index is 1.47. The van der Waals surface area contributed by atoms with Crippen molar-refractivity contribution in [2.75, 3.05) is 62.0 Å². The van der Waals surface area contributed by atoms with Gasteiger partial charge in [-0.05, 0) is 30.7 Å². The number of nitrogens with one attached hydrogen (secondary N) is 2. The SMILES string of the molecule is C=CC(=O)Nc1ccc(C(=O)N2CC[C@@H](Nc3ncc(Cl)c(OC)n3)C2)cc1N1CCOCC1. The summed E-state index contributed by atoms with van der Waals surface area (Å²) >= 11 is 5.99. The summed E-state index contributed by atoms with van der Waals surface area (Å²) in [6.07, 6.45) is 3.46. The van der Waals surface area contributed by atoms with Gasteiger partial charge in [0, 0.05) is 37.8 Å². The highest BCUT2D eigenvalue weighted by atomic mass is 35.5. The summed E-state index contributed by atoms with van der Waals surface area (Å²) in [5.41, 5.74) is 1.99. The monoisotopic (exact) mass is 486 g/mol. The largest absolute Gasteiger partial charge is 0.480 e. The van der Waals surface area contributed by atoms with Gasteiger partial charge in [0.1, 0.15) is 5.02 Å². The quantitative estimate of drug-likeness (QED) is 0.574. The molecule has 3 heterocycles. The number of ether oxygens (including phenoxy) is 2. The number of anilines is 3. The van der Waals surface area contributed by atoms with Crippen molar-refractivity contribution >= 4 is 40.7 Å². The molecule has 11 heteroatoms. The van der Waals surface area contributed by atoms with Crippen LogP contribution in [0.3, 0.4) is 0 Å². The molecule has 1 aromatic carbocycles. The first kappa shape index (κ1) is 23.8. The summed E-state index contributed by atoms with van der Waals surface area (Å²) in [7, 11) is 1.49. The number of morpholine rings is 1. The molecule has 0 radical (unpaired) electrons. The Hall–Kier alpha value is -3.37. The first-order chi connectivity index (χ1) is 16.5. The Kier molecular flexibility index (Phi) is 7.49. The number of hydrogen-bond donors (Lipinski definition) is 2. The highest BCUT2D eigenvalue weighted by Crippen LogP contribution is 2.30. The standard InChI is InChI=1S/C23H27ClN6O4/c1-3-20(31)27-18-5-4-15(12-19(18)29-8-10-34-11-9-29)22(32)30-7-6-16(14-30)26-23-25-13-17(24)21(28-23)33-2/h3-5,12-13,16H,1,6-11,14H2,2H3,(H,27,31)(H,25,26,28)/t16-/m1/s1. The van der Waals surface area contributed by atoms with E-state index in [1.807, 2.05) is 6.07 Å². The molecule has 1 atom stereocenters. The van der Waals surface area contributed by atoms with E-state index in [1.54, 1.807) is 17.0 Å². The van der Waals surface area contributed by atoms with E-state index in [0.29, 0.717) is 67.5 Å². The van der Waals surface area contributed by atoms with Crippen molar-refractivity contribution in [1.82, 2.24) is 14.9 Å². The molecular weight excluding hydrogens is 460 g/mol. The summed E-state index contributed by atoms with van der Waals surface area (Å²) in [4.78, 5) is 37.5. The van der Waals surface area contributed by atoms with Gasteiger partial charge in [0.2, 0.25) is 17.7 Å². The topological polar surface area (TPSA) is 109 Å². The Bertz CT molecular complexity index is 1080. The number of nitrogens with zero attached hydrogens (tertiary/aromatic N) is 4. The van der Waals surface area contributed by atoms with Crippen molar-refractivity contribution in [2.45, 2.75) is 12.5 Å². The molecule has 0 aliphatic carbocycles. The fourth-order valence-electron chi connectivity index (χ4n) is 4.01. The Morgan fingerprint density at radius 3 is 2.82 bits per heavy atom. The summed E-state index contributed by atoms with van der Waals surface area (Å²) < 4.78 is 10.6. The summed E-state index contributed by atoms with van der Waals surface area (Å²) in [5, 5.41) is 6.41. The number of rotatable bonds is 7. The lowest BCUT2D eigenvalue weighted by Crippen LogP contribution is -2.37. The number of likely N-dealkylation sites (tertiary alicyclic amines) is 1. The normalized spacial score (nSPS) is 17.9. The van der Waals surface area contributed by atoms with Crippen LogP contribution >= 0.6 is 11.6 Å². The highest BCUT2D eigenvalue weighted by molar-refractivity contribution is 6.31. The lowest BCUT2D eigenvalue weighted by Gasteiger charge is -2.31. The molecule has 2 aliphatic rings. The Labute approximate surface area is 202 Å². The molecule has 10 nitrogen and oxygen atoms in total. The zero-order valence-corrected chi connectivity index (χ0v) is 19.7. The van der Waals surface area contributed by atoms with Crippen LogP contribution in [0.5, 0.6) is 5.88 Å². The third kappa shape index (κ3) is 5.40. The number of halogens is 1. The van der Waals surface area contributed by atoms with Gasteiger partial charge in [0.25, 0.3) is 5.91 Å². The van der Waals surface area contributed by atoms with E-state index in [2.05, 4.69) is 32.1 Å². The van der Waals surface area contributed by atoms with Crippen molar-refractivity contribution in [1.29, 1.82) is 0 Å². The summed E-state index contributed by atoms with van der Waals surface area (Å²) in [5.74, 6) is 0.319. The number of methoxy groups -OCH3 is 1. The van der Waals surface area contributed by atoms with Crippen molar-refractivity contribution < 1.29 is 19.1 Å². The minimum Gasteiger partial charge on any atom is -0.480 e. The minimum absolute atomic E-state index is 0.000280. The molecular formula is C23H27ClN6O4.